The first-order valence-corrected chi connectivity index (χ1v) is 11.6. The number of rotatable bonds is 7. The molecule has 31 heavy (non-hydrogen) atoms. The van der Waals surface area contributed by atoms with Crippen molar-refractivity contribution in [3.8, 4) is 11.4 Å². The summed E-state index contributed by atoms with van der Waals surface area (Å²) in [6, 6.07) is 8.03. The van der Waals surface area contributed by atoms with Crippen LogP contribution in [0.15, 0.2) is 42.1 Å². The monoisotopic (exact) mass is 441 g/mol. The number of carbonyl (C=O) groups excluding carboxylic acids is 2. The highest BCUT2D eigenvalue weighted by atomic mass is 32.2. The van der Waals surface area contributed by atoms with Crippen molar-refractivity contribution in [1.29, 1.82) is 0 Å². The van der Waals surface area contributed by atoms with E-state index in [1.807, 2.05) is 16.7 Å². The van der Waals surface area contributed by atoms with Crippen molar-refractivity contribution in [3.63, 3.8) is 0 Å². The summed E-state index contributed by atoms with van der Waals surface area (Å²) in [5, 5.41) is 14.5. The highest BCUT2D eigenvalue weighted by molar-refractivity contribution is 7.99. The van der Waals surface area contributed by atoms with Gasteiger partial charge in [-0.15, -0.1) is 16.8 Å². The van der Waals surface area contributed by atoms with Gasteiger partial charge in [-0.1, -0.05) is 75.7 Å². The van der Waals surface area contributed by atoms with Crippen LogP contribution in [0.2, 0.25) is 0 Å². The number of benzene rings is 1. The average molecular weight is 442 g/mol. The van der Waals surface area contributed by atoms with Gasteiger partial charge in [0.2, 0.25) is 5.91 Å². The van der Waals surface area contributed by atoms with E-state index < -0.39 is 6.03 Å². The summed E-state index contributed by atoms with van der Waals surface area (Å²) in [7, 11) is 0. The summed E-state index contributed by atoms with van der Waals surface area (Å²) in [6.45, 7) is 10.9. The number of aromatic nitrogens is 3. The average Bonchev–Trinajstić information content (AvgIpc) is 3.36. The van der Waals surface area contributed by atoms with Gasteiger partial charge in [-0.3, -0.25) is 14.7 Å². The highest BCUT2D eigenvalue weighted by Crippen LogP contribution is 2.27. The Balaban J connectivity index is 1.64. The van der Waals surface area contributed by atoms with Gasteiger partial charge in [0.05, 0.1) is 5.75 Å². The molecule has 1 aliphatic rings. The Morgan fingerprint density at radius 3 is 2.48 bits per heavy atom. The van der Waals surface area contributed by atoms with Gasteiger partial charge in [0, 0.05) is 18.2 Å². The zero-order chi connectivity index (χ0) is 22.4. The lowest BCUT2D eigenvalue weighted by Crippen LogP contribution is -2.44. The van der Waals surface area contributed by atoms with Crippen molar-refractivity contribution in [1.82, 2.24) is 25.4 Å². The Morgan fingerprint density at radius 1 is 1.19 bits per heavy atom. The second-order valence-corrected chi connectivity index (χ2v) is 9.77. The molecule has 0 bridgehead atoms. The predicted molar refractivity (Wildman–Crippen MR) is 124 cm³/mol. The lowest BCUT2D eigenvalue weighted by atomic mass is 9.87. The third-order valence-electron chi connectivity index (χ3n) is 5.31. The molecule has 3 amide bonds. The van der Waals surface area contributed by atoms with E-state index in [1.165, 1.54) is 17.3 Å². The van der Waals surface area contributed by atoms with Gasteiger partial charge in [0.15, 0.2) is 11.0 Å². The maximum atomic E-state index is 12.2. The van der Waals surface area contributed by atoms with Gasteiger partial charge >= 0.3 is 6.03 Å². The minimum atomic E-state index is -0.426. The van der Waals surface area contributed by atoms with Crippen molar-refractivity contribution in [2.24, 2.45) is 0 Å². The minimum Gasteiger partial charge on any atom is -0.335 e. The largest absolute Gasteiger partial charge is 0.335 e. The van der Waals surface area contributed by atoms with Crippen LogP contribution in [-0.2, 0) is 16.8 Å². The number of thioether (sulfide) groups is 1. The van der Waals surface area contributed by atoms with E-state index in [0.717, 1.165) is 37.1 Å². The van der Waals surface area contributed by atoms with Crippen LogP contribution in [0.3, 0.4) is 0 Å². The molecule has 1 heterocycles. The second kappa shape index (κ2) is 10.1. The fraction of sp³-hybridized carbons (Fsp3) is 0.478. The third-order valence-corrected chi connectivity index (χ3v) is 6.28. The van der Waals surface area contributed by atoms with Gasteiger partial charge < -0.3 is 5.32 Å². The molecule has 8 heteroatoms. The lowest BCUT2D eigenvalue weighted by Gasteiger charge is -2.19. The Bertz CT molecular complexity index is 924. The summed E-state index contributed by atoms with van der Waals surface area (Å²) >= 11 is 1.25. The molecule has 0 spiro atoms. The molecule has 0 atom stereocenters. The van der Waals surface area contributed by atoms with E-state index in [-0.39, 0.29) is 23.1 Å². The third kappa shape index (κ3) is 6.19. The zero-order valence-electron chi connectivity index (χ0n) is 18.5. The van der Waals surface area contributed by atoms with E-state index in [9.17, 15) is 9.59 Å². The fourth-order valence-electron chi connectivity index (χ4n) is 3.61. The molecule has 2 N–H and O–H groups in total. The van der Waals surface area contributed by atoms with Crippen LogP contribution in [-0.4, -0.2) is 38.5 Å². The van der Waals surface area contributed by atoms with Crippen LogP contribution in [0.5, 0.6) is 0 Å². The molecule has 7 nitrogen and oxygen atoms in total. The zero-order valence-corrected chi connectivity index (χ0v) is 19.3. The molecule has 3 rings (SSSR count). The van der Waals surface area contributed by atoms with Crippen LogP contribution in [0.25, 0.3) is 11.4 Å². The first-order valence-electron chi connectivity index (χ1n) is 10.7. The molecule has 0 saturated heterocycles. The van der Waals surface area contributed by atoms with Crippen LogP contribution < -0.4 is 10.6 Å². The number of urea groups is 1. The first-order chi connectivity index (χ1) is 14.8. The molecule has 1 aromatic carbocycles. The molecular formula is C23H31N5O2S. The van der Waals surface area contributed by atoms with Gasteiger partial charge in [0.25, 0.3) is 0 Å². The Kier molecular flexibility index (Phi) is 7.54. The van der Waals surface area contributed by atoms with Gasteiger partial charge in [0.1, 0.15) is 0 Å². The molecule has 0 unspecified atom stereocenters. The molecule has 0 aliphatic heterocycles. The Labute approximate surface area is 188 Å². The summed E-state index contributed by atoms with van der Waals surface area (Å²) in [5.74, 6) is 0.447. The summed E-state index contributed by atoms with van der Waals surface area (Å²) < 4.78 is 1.93. The molecule has 166 valence electrons. The standard InChI is InChI=1S/C23H31N5O2S/c1-5-14-28-20(16-10-12-17(13-11-16)23(2,3)4)26-27-22(28)31-15-19(29)25-21(30)24-18-8-6-7-9-18/h5,10-13,18H,1,6-9,14-15H2,2-4H3,(H2,24,25,29,30). The van der Waals surface area contributed by atoms with Crippen molar-refractivity contribution in [2.45, 2.75) is 69.6 Å². The topological polar surface area (TPSA) is 88.9 Å². The predicted octanol–water partition coefficient (Wildman–Crippen LogP) is 4.29. The number of nitrogens with one attached hydrogen (secondary N) is 2. The Morgan fingerprint density at radius 2 is 1.87 bits per heavy atom. The number of imide groups is 1. The van der Waals surface area contributed by atoms with Crippen LogP contribution in [0, 0.1) is 0 Å². The molecule has 1 aromatic heterocycles. The first kappa shape index (κ1) is 23.1. The molecular weight excluding hydrogens is 410 g/mol. The molecule has 1 saturated carbocycles. The van der Waals surface area contributed by atoms with Crippen molar-refractivity contribution in [2.75, 3.05) is 5.75 Å². The van der Waals surface area contributed by atoms with Crippen molar-refractivity contribution in [3.05, 3.63) is 42.5 Å². The van der Waals surface area contributed by atoms with Gasteiger partial charge in [-0.05, 0) is 23.8 Å². The van der Waals surface area contributed by atoms with Crippen LogP contribution in [0.1, 0.15) is 52.0 Å². The number of amides is 3. The normalized spacial score (nSPS) is 14.4. The summed E-state index contributed by atoms with van der Waals surface area (Å²) in [4.78, 5) is 24.2. The van der Waals surface area contributed by atoms with E-state index in [4.69, 9.17) is 0 Å². The van der Waals surface area contributed by atoms with E-state index in [2.05, 4.69) is 60.3 Å². The lowest BCUT2D eigenvalue weighted by molar-refractivity contribution is -0.117. The summed E-state index contributed by atoms with van der Waals surface area (Å²) in [5.41, 5.74) is 2.27. The SMILES string of the molecule is C=CCn1c(SCC(=O)NC(=O)NC2CCCC2)nnc1-c1ccc(C(C)(C)C)cc1. The van der Waals surface area contributed by atoms with E-state index >= 15 is 0 Å². The van der Waals surface area contributed by atoms with Crippen molar-refractivity contribution < 1.29 is 9.59 Å². The maximum absolute atomic E-state index is 12.2. The van der Waals surface area contributed by atoms with Crippen LogP contribution >= 0.6 is 11.8 Å². The van der Waals surface area contributed by atoms with Gasteiger partial charge in [-0.25, -0.2) is 4.79 Å². The fourth-order valence-corrected chi connectivity index (χ4v) is 4.35. The van der Waals surface area contributed by atoms with Gasteiger partial charge in [-0.2, -0.15) is 0 Å². The number of hydrogen-bond donors (Lipinski definition) is 2. The quantitative estimate of drug-likeness (QED) is 0.494. The maximum Gasteiger partial charge on any atom is 0.321 e. The smallest absolute Gasteiger partial charge is 0.321 e. The van der Waals surface area contributed by atoms with E-state index in [1.54, 1.807) is 6.08 Å². The molecule has 1 fully saturated rings. The number of nitrogens with zero attached hydrogens (tertiary/aromatic N) is 3. The van der Waals surface area contributed by atoms with Crippen LogP contribution in [0.4, 0.5) is 4.79 Å². The molecule has 2 aromatic rings. The number of hydrogen-bond acceptors (Lipinski definition) is 5. The summed E-state index contributed by atoms with van der Waals surface area (Å²) in [6.07, 6.45) is 5.96. The number of carbonyl (C=O) groups is 2. The number of allylic oxidation sites excluding steroid dienone is 1. The Hall–Kier alpha value is -2.61. The second-order valence-electron chi connectivity index (χ2n) is 8.82. The molecule has 0 radical (unpaired) electrons. The highest BCUT2D eigenvalue weighted by Gasteiger charge is 2.20. The molecule has 1 aliphatic carbocycles. The van der Waals surface area contributed by atoms with Crippen molar-refractivity contribution >= 4 is 23.7 Å². The van der Waals surface area contributed by atoms with E-state index in [0.29, 0.717) is 11.7 Å². The minimum absolute atomic E-state index is 0.0751.